The lowest BCUT2D eigenvalue weighted by atomic mass is 10.0. The summed E-state index contributed by atoms with van der Waals surface area (Å²) in [6.45, 7) is -0.501. The van der Waals surface area contributed by atoms with Gasteiger partial charge in [0, 0.05) is 17.5 Å². The van der Waals surface area contributed by atoms with Crippen LogP contribution in [-0.2, 0) is 0 Å². The lowest BCUT2D eigenvalue weighted by molar-refractivity contribution is 0.433. The molecule has 0 aliphatic rings. The van der Waals surface area contributed by atoms with Crippen LogP contribution in [0.25, 0.3) is 0 Å². The second-order valence-electron chi connectivity index (χ2n) is 2.75. The Morgan fingerprint density at radius 2 is 2.15 bits per heavy atom. The molecular weight excluding hydrogens is 196 g/mol. The van der Waals surface area contributed by atoms with Crippen LogP contribution in [0.1, 0.15) is 11.5 Å². The van der Waals surface area contributed by atoms with E-state index in [-0.39, 0.29) is 6.54 Å². The molecule has 1 atom stereocenters. The second kappa shape index (κ2) is 4.53. The van der Waals surface area contributed by atoms with E-state index in [4.69, 9.17) is 17.3 Å². The Labute approximate surface area is 80.5 Å². The molecule has 0 aliphatic heterocycles. The molecule has 0 bridgehead atoms. The summed E-state index contributed by atoms with van der Waals surface area (Å²) < 4.78 is 25.2. The third-order valence-electron chi connectivity index (χ3n) is 1.87. The lowest BCUT2D eigenvalue weighted by Crippen LogP contribution is -2.14. The van der Waals surface area contributed by atoms with E-state index >= 15 is 0 Å². The first kappa shape index (κ1) is 10.4. The van der Waals surface area contributed by atoms with Gasteiger partial charge in [-0.15, -0.1) is 0 Å². The quantitative estimate of drug-likeness (QED) is 0.806. The summed E-state index contributed by atoms with van der Waals surface area (Å²) in [4.78, 5) is 0. The predicted octanol–water partition coefficient (Wildman–Crippen LogP) is 2.49. The van der Waals surface area contributed by atoms with Crippen LogP contribution in [0.5, 0.6) is 0 Å². The van der Waals surface area contributed by atoms with Gasteiger partial charge < -0.3 is 5.73 Å². The van der Waals surface area contributed by atoms with Crippen LogP contribution in [0.4, 0.5) is 8.78 Å². The zero-order chi connectivity index (χ0) is 9.84. The van der Waals surface area contributed by atoms with Gasteiger partial charge in [0.2, 0.25) is 0 Å². The highest BCUT2D eigenvalue weighted by molar-refractivity contribution is 6.31. The van der Waals surface area contributed by atoms with Gasteiger partial charge in [-0.1, -0.05) is 11.6 Å². The van der Waals surface area contributed by atoms with E-state index in [1.807, 2.05) is 0 Å². The fraction of sp³-hybridized carbons (Fsp3) is 0.333. The fourth-order valence-electron chi connectivity index (χ4n) is 1.10. The van der Waals surface area contributed by atoms with Gasteiger partial charge in [-0.05, 0) is 23.8 Å². The van der Waals surface area contributed by atoms with Gasteiger partial charge in [0.15, 0.2) is 0 Å². The van der Waals surface area contributed by atoms with E-state index in [9.17, 15) is 8.78 Å². The summed E-state index contributed by atoms with van der Waals surface area (Å²) >= 11 is 5.76. The van der Waals surface area contributed by atoms with Crippen molar-refractivity contribution in [3.05, 3.63) is 34.6 Å². The Morgan fingerprint density at radius 3 is 2.69 bits per heavy atom. The van der Waals surface area contributed by atoms with E-state index in [0.29, 0.717) is 10.6 Å². The molecular formula is C9H10ClF2N. The minimum atomic E-state index is -0.625. The number of nitrogens with two attached hydrogens (primary N) is 1. The molecule has 0 fully saturated rings. The van der Waals surface area contributed by atoms with Crippen LogP contribution in [0.2, 0.25) is 5.02 Å². The molecule has 0 aliphatic carbocycles. The van der Waals surface area contributed by atoms with Gasteiger partial charge >= 0.3 is 0 Å². The first-order valence-electron chi connectivity index (χ1n) is 3.90. The van der Waals surface area contributed by atoms with E-state index in [1.165, 1.54) is 18.2 Å². The largest absolute Gasteiger partial charge is 0.330 e. The zero-order valence-electron chi connectivity index (χ0n) is 6.93. The normalized spacial score (nSPS) is 12.9. The van der Waals surface area contributed by atoms with Crippen LogP contribution in [0.3, 0.4) is 0 Å². The number of benzene rings is 1. The smallest absolute Gasteiger partial charge is 0.123 e. The molecule has 0 amide bonds. The molecule has 4 heteroatoms. The predicted molar refractivity (Wildman–Crippen MR) is 49.2 cm³/mol. The highest BCUT2D eigenvalue weighted by atomic mass is 35.5. The maximum Gasteiger partial charge on any atom is 0.123 e. The molecule has 0 radical (unpaired) electrons. The van der Waals surface area contributed by atoms with Gasteiger partial charge in [0.1, 0.15) is 5.82 Å². The lowest BCUT2D eigenvalue weighted by Gasteiger charge is -2.12. The van der Waals surface area contributed by atoms with Crippen LogP contribution < -0.4 is 5.73 Å². The maximum atomic E-state index is 12.8. The van der Waals surface area contributed by atoms with Crippen molar-refractivity contribution in [1.29, 1.82) is 0 Å². The molecule has 1 aromatic rings. The van der Waals surface area contributed by atoms with Gasteiger partial charge in [0.25, 0.3) is 0 Å². The Balaban J connectivity index is 3.03. The van der Waals surface area contributed by atoms with Crippen molar-refractivity contribution in [2.75, 3.05) is 13.2 Å². The van der Waals surface area contributed by atoms with Gasteiger partial charge in [0.05, 0.1) is 6.67 Å². The summed E-state index contributed by atoms with van der Waals surface area (Å²) in [6.07, 6.45) is 0. The van der Waals surface area contributed by atoms with Gasteiger partial charge in [-0.25, -0.2) is 4.39 Å². The molecule has 1 nitrogen and oxygen atoms in total. The Kier molecular flexibility index (Phi) is 3.63. The number of hydrogen-bond donors (Lipinski definition) is 1. The Hall–Kier alpha value is -0.670. The average molecular weight is 206 g/mol. The van der Waals surface area contributed by atoms with Crippen molar-refractivity contribution in [3.63, 3.8) is 0 Å². The van der Waals surface area contributed by atoms with Crippen molar-refractivity contribution in [1.82, 2.24) is 0 Å². The zero-order valence-corrected chi connectivity index (χ0v) is 7.69. The highest BCUT2D eigenvalue weighted by Crippen LogP contribution is 2.25. The average Bonchev–Trinajstić information content (AvgIpc) is 2.13. The van der Waals surface area contributed by atoms with Crippen LogP contribution in [0.15, 0.2) is 18.2 Å². The number of rotatable bonds is 3. The molecule has 0 heterocycles. The van der Waals surface area contributed by atoms with E-state index < -0.39 is 18.4 Å². The Bertz CT molecular complexity index is 287. The molecule has 0 saturated carbocycles. The highest BCUT2D eigenvalue weighted by Gasteiger charge is 2.13. The summed E-state index contributed by atoms with van der Waals surface area (Å²) in [5.41, 5.74) is 5.75. The maximum absolute atomic E-state index is 12.8. The summed E-state index contributed by atoms with van der Waals surface area (Å²) in [5, 5.41) is 0.356. The first-order valence-corrected chi connectivity index (χ1v) is 4.27. The third-order valence-corrected chi connectivity index (χ3v) is 2.21. The Morgan fingerprint density at radius 1 is 1.46 bits per heavy atom. The van der Waals surface area contributed by atoms with Crippen LogP contribution in [0, 0.1) is 5.82 Å². The topological polar surface area (TPSA) is 26.0 Å². The van der Waals surface area contributed by atoms with Crippen LogP contribution >= 0.6 is 11.6 Å². The van der Waals surface area contributed by atoms with E-state index in [0.717, 1.165) is 0 Å². The summed E-state index contributed by atoms with van der Waals surface area (Å²) in [6, 6.07) is 3.86. The standard InChI is InChI=1S/C9H10ClF2N/c10-9-2-1-7(12)3-8(9)6(4-11)5-13/h1-3,6H,4-5,13H2. The minimum Gasteiger partial charge on any atom is -0.330 e. The molecule has 1 unspecified atom stereocenters. The number of hydrogen-bond acceptors (Lipinski definition) is 1. The van der Waals surface area contributed by atoms with Crippen LogP contribution in [-0.4, -0.2) is 13.2 Å². The van der Waals surface area contributed by atoms with Crippen molar-refractivity contribution in [2.45, 2.75) is 5.92 Å². The molecule has 1 rings (SSSR count). The fourth-order valence-corrected chi connectivity index (χ4v) is 1.37. The minimum absolute atomic E-state index is 0.125. The van der Waals surface area contributed by atoms with Crippen molar-refractivity contribution < 1.29 is 8.78 Å². The molecule has 1 aromatic carbocycles. The van der Waals surface area contributed by atoms with E-state index in [2.05, 4.69) is 0 Å². The second-order valence-corrected chi connectivity index (χ2v) is 3.16. The molecule has 2 N–H and O–H groups in total. The SMILES string of the molecule is NCC(CF)c1cc(F)ccc1Cl. The van der Waals surface area contributed by atoms with Crippen molar-refractivity contribution in [3.8, 4) is 0 Å². The molecule has 0 aromatic heterocycles. The monoisotopic (exact) mass is 205 g/mol. The summed E-state index contributed by atoms with van der Waals surface area (Å²) in [5.74, 6) is -0.936. The molecule has 13 heavy (non-hydrogen) atoms. The number of halogens is 3. The molecule has 0 spiro atoms. The summed E-state index contributed by atoms with van der Waals surface area (Å²) in [7, 11) is 0. The van der Waals surface area contributed by atoms with Gasteiger partial charge in [-0.2, -0.15) is 0 Å². The molecule has 72 valence electrons. The number of alkyl halides is 1. The van der Waals surface area contributed by atoms with Gasteiger partial charge in [-0.3, -0.25) is 4.39 Å². The third kappa shape index (κ3) is 2.39. The van der Waals surface area contributed by atoms with E-state index in [1.54, 1.807) is 0 Å². The van der Waals surface area contributed by atoms with Crippen molar-refractivity contribution in [2.24, 2.45) is 5.73 Å². The van der Waals surface area contributed by atoms with Crippen molar-refractivity contribution >= 4 is 11.6 Å². The molecule has 0 saturated heterocycles. The first-order chi connectivity index (χ1) is 6.19.